The third kappa shape index (κ3) is 4.42. The fraction of sp³-hybridized carbons (Fsp3) is 0.500. The largest absolute Gasteiger partial charge is 0.368 e. The maximum absolute atomic E-state index is 12.4. The van der Waals surface area contributed by atoms with Crippen molar-refractivity contribution in [1.29, 1.82) is 0 Å². The molecule has 1 fully saturated rings. The number of hydrogen-bond acceptors (Lipinski definition) is 3. The molecule has 4 nitrogen and oxygen atoms in total. The molecule has 2 unspecified atom stereocenters. The van der Waals surface area contributed by atoms with Crippen LogP contribution in [0.25, 0.3) is 0 Å². The van der Waals surface area contributed by atoms with Gasteiger partial charge < -0.3 is 5.73 Å². The Kier molecular flexibility index (Phi) is 6.05. The van der Waals surface area contributed by atoms with Gasteiger partial charge in [-0.25, -0.2) is 0 Å². The second kappa shape index (κ2) is 7.58. The number of carbonyl (C=O) groups excluding carboxylic acids is 1. The van der Waals surface area contributed by atoms with Crippen molar-refractivity contribution in [3.8, 4) is 0 Å². The predicted octanol–water partition coefficient (Wildman–Crippen LogP) is 2.44. The summed E-state index contributed by atoms with van der Waals surface area (Å²) in [6.07, 6.45) is 2.82. The fourth-order valence-electron chi connectivity index (χ4n) is 2.54. The Labute approximate surface area is 137 Å². The maximum Gasteiger partial charge on any atom is 0.234 e. The lowest BCUT2D eigenvalue weighted by atomic mass is 10.0. The number of primary amides is 1. The van der Waals surface area contributed by atoms with E-state index >= 15 is 0 Å². The highest BCUT2D eigenvalue weighted by Crippen LogP contribution is 2.24. The third-order valence-electron chi connectivity index (χ3n) is 3.64. The molecule has 1 heterocycles. The predicted molar refractivity (Wildman–Crippen MR) is 86.1 cm³/mol. The van der Waals surface area contributed by atoms with E-state index in [0.29, 0.717) is 27.2 Å². The molecule has 0 aromatic heterocycles. The smallest absolute Gasteiger partial charge is 0.234 e. The van der Waals surface area contributed by atoms with Crippen LogP contribution in [0.15, 0.2) is 23.1 Å². The Morgan fingerprint density at radius 3 is 2.86 bits per heavy atom. The zero-order valence-electron chi connectivity index (χ0n) is 11.6. The highest BCUT2D eigenvalue weighted by molar-refractivity contribution is 7.85. The van der Waals surface area contributed by atoms with E-state index in [1.165, 1.54) is 0 Å². The average Bonchev–Trinajstić information content (AvgIpc) is 2.47. The van der Waals surface area contributed by atoms with Crippen molar-refractivity contribution in [1.82, 2.24) is 4.90 Å². The van der Waals surface area contributed by atoms with E-state index in [-0.39, 0.29) is 11.9 Å². The van der Waals surface area contributed by atoms with Gasteiger partial charge in [0.05, 0.1) is 26.8 Å². The SMILES string of the molecule is NC(=O)C1CCCCN1CCS(=O)c1cc(Cl)ccc1Cl. The first kappa shape index (κ1) is 16.7. The van der Waals surface area contributed by atoms with E-state index in [4.69, 9.17) is 28.9 Å². The summed E-state index contributed by atoms with van der Waals surface area (Å²) in [5.74, 6) is 0.102. The lowest BCUT2D eigenvalue weighted by Gasteiger charge is -2.33. The number of piperidine rings is 1. The molecule has 116 valence electrons. The highest BCUT2D eigenvalue weighted by atomic mass is 35.5. The van der Waals surface area contributed by atoms with E-state index in [1.54, 1.807) is 18.2 Å². The van der Waals surface area contributed by atoms with Crippen molar-refractivity contribution in [3.05, 3.63) is 28.2 Å². The van der Waals surface area contributed by atoms with Crippen molar-refractivity contribution in [2.45, 2.75) is 30.2 Å². The molecular weight excluding hydrogens is 331 g/mol. The van der Waals surface area contributed by atoms with Crippen LogP contribution in [0.2, 0.25) is 10.0 Å². The van der Waals surface area contributed by atoms with E-state index in [1.807, 2.05) is 4.90 Å². The van der Waals surface area contributed by atoms with Gasteiger partial charge in [-0.15, -0.1) is 0 Å². The number of benzene rings is 1. The number of nitrogens with zero attached hydrogens (tertiary/aromatic N) is 1. The summed E-state index contributed by atoms with van der Waals surface area (Å²) in [4.78, 5) is 14.0. The minimum absolute atomic E-state index is 0.245. The number of hydrogen-bond donors (Lipinski definition) is 1. The first-order valence-corrected chi connectivity index (χ1v) is 8.93. The summed E-state index contributed by atoms with van der Waals surface area (Å²) in [5.41, 5.74) is 5.42. The second-order valence-corrected chi connectivity index (χ2v) is 7.46. The second-order valence-electron chi connectivity index (χ2n) is 5.07. The molecule has 0 radical (unpaired) electrons. The van der Waals surface area contributed by atoms with E-state index in [2.05, 4.69) is 0 Å². The van der Waals surface area contributed by atoms with Crippen LogP contribution in [0.1, 0.15) is 19.3 Å². The molecule has 21 heavy (non-hydrogen) atoms. The monoisotopic (exact) mass is 348 g/mol. The minimum Gasteiger partial charge on any atom is -0.368 e. The van der Waals surface area contributed by atoms with E-state index < -0.39 is 10.8 Å². The summed E-state index contributed by atoms with van der Waals surface area (Å²) in [7, 11) is -1.25. The van der Waals surface area contributed by atoms with Gasteiger partial charge in [-0.3, -0.25) is 13.9 Å². The van der Waals surface area contributed by atoms with Gasteiger partial charge in [0.1, 0.15) is 0 Å². The molecule has 1 saturated heterocycles. The van der Waals surface area contributed by atoms with Crippen molar-refractivity contribution in [3.63, 3.8) is 0 Å². The molecule has 1 aliphatic heterocycles. The number of likely N-dealkylation sites (tertiary alicyclic amines) is 1. The zero-order valence-corrected chi connectivity index (χ0v) is 13.9. The minimum atomic E-state index is -1.25. The third-order valence-corrected chi connectivity index (χ3v) is 5.70. The molecule has 1 amide bonds. The normalized spacial score (nSPS) is 21.1. The van der Waals surface area contributed by atoms with Crippen LogP contribution >= 0.6 is 23.2 Å². The van der Waals surface area contributed by atoms with Gasteiger partial charge in [-0.05, 0) is 37.6 Å². The number of amides is 1. The Bertz CT molecular complexity index is 554. The zero-order chi connectivity index (χ0) is 15.4. The van der Waals surface area contributed by atoms with Crippen LogP contribution in [-0.2, 0) is 15.6 Å². The van der Waals surface area contributed by atoms with E-state index in [0.717, 1.165) is 25.8 Å². The van der Waals surface area contributed by atoms with Gasteiger partial charge in [-0.1, -0.05) is 29.6 Å². The average molecular weight is 349 g/mol. The standard InChI is InChI=1S/C14H18Cl2N2O2S/c15-10-4-5-11(16)13(9-10)21(20)8-7-18-6-2-1-3-12(18)14(17)19/h4-5,9,12H,1-3,6-8H2,(H2,17,19). The molecule has 0 aliphatic carbocycles. The maximum atomic E-state index is 12.4. The molecule has 2 N–H and O–H groups in total. The van der Waals surface area contributed by atoms with Crippen LogP contribution in [0.5, 0.6) is 0 Å². The highest BCUT2D eigenvalue weighted by Gasteiger charge is 2.27. The Morgan fingerprint density at radius 2 is 2.14 bits per heavy atom. The quantitative estimate of drug-likeness (QED) is 0.888. The summed E-state index contributed by atoms with van der Waals surface area (Å²) >= 11 is 12.0. The van der Waals surface area contributed by atoms with Gasteiger partial charge in [0.2, 0.25) is 5.91 Å². The van der Waals surface area contributed by atoms with E-state index in [9.17, 15) is 9.00 Å². The fourth-order valence-corrected chi connectivity index (χ4v) is 4.32. The van der Waals surface area contributed by atoms with Crippen LogP contribution in [-0.4, -0.2) is 39.9 Å². The molecule has 1 aromatic rings. The van der Waals surface area contributed by atoms with Crippen LogP contribution in [0.3, 0.4) is 0 Å². The summed E-state index contributed by atoms with van der Waals surface area (Å²) in [6, 6.07) is 4.69. The van der Waals surface area contributed by atoms with Gasteiger partial charge in [0, 0.05) is 17.3 Å². The first-order valence-electron chi connectivity index (χ1n) is 6.86. The lowest BCUT2D eigenvalue weighted by Crippen LogP contribution is -2.48. The molecule has 0 saturated carbocycles. The van der Waals surface area contributed by atoms with Crippen LogP contribution < -0.4 is 5.73 Å². The number of halogens is 2. The van der Waals surface area contributed by atoms with Gasteiger partial charge in [0.25, 0.3) is 0 Å². The van der Waals surface area contributed by atoms with Gasteiger partial charge >= 0.3 is 0 Å². The topological polar surface area (TPSA) is 63.4 Å². The summed E-state index contributed by atoms with van der Waals surface area (Å²) in [6.45, 7) is 1.37. The van der Waals surface area contributed by atoms with Crippen molar-refractivity contribution in [2.75, 3.05) is 18.8 Å². The Balaban J connectivity index is 1.99. The molecule has 1 aromatic carbocycles. The van der Waals surface area contributed by atoms with Gasteiger partial charge in [0.15, 0.2) is 0 Å². The number of nitrogens with two attached hydrogens (primary N) is 1. The Morgan fingerprint density at radius 1 is 1.38 bits per heavy atom. The molecule has 2 atom stereocenters. The Hall–Kier alpha value is -0.620. The summed E-state index contributed by atoms with van der Waals surface area (Å²) < 4.78 is 12.4. The lowest BCUT2D eigenvalue weighted by molar-refractivity contribution is -0.124. The van der Waals surface area contributed by atoms with Crippen LogP contribution in [0.4, 0.5) is 0 Å². The summed E-state index contributed by atoms with van der Waals surface area (Å²) in [5, 5.41) is 0.957. The van der Waals surface area contributed by atoms with Gasteiger partial charge in [-0.2, -0.15) is 0 Å². The molecule has 0 bridgehead atoms. The van der Waals surface area contributed by atoms with Crippen LogP contribution in [0, 0.1) is 0 Å². The number of rotatable bonds is 5. The molecule has 7 heteroatoms. The van der Waals surface area contributed by atoms with Crippen molar-refractivity contribution >= 4 is 39.9 Å². The molecule has 0 spiro atoms. The molecule has 1 aliphatic rings. The first-order chi connectivity index (χ1) is 9.99. The number of carbonyl (C=O) groups is 1. The molecular formula is C14H18Cl2N2O2S. The van der Waals surface area contributed by atoms with Crippen molar-refractivity contribution in [2.24, 2.45) is 5.73 Å². The molecule has 2 rings (SSSR count). The van der Waals surface area contributed by atoms with Crippen molar-refractivity contribution < 1.29 is 9.00 Å².